The summed E-state index contributed by atoms with van der Waals surface area (Å²) in [6.07, 6.45) is 1.42. The Balaban J connectivity index is 0.00000200. The van der Waals surface area contributed by atoms with Crippen LogP contribution < -0.4 is 5.32 Å². The fourth-order valence-electron chi connectivity index (χ4n) is 2.56. The van der Waals surface area contributed by atoms with Crippen molar-refractivity contribution in [1.29, 1.82) is 0 Å². The fourth-order valence-corrected chi connectivity index (χ4v) is 2.56. The smallest absolute Gasteiger partial charge is 0.255 e. The first-order chi connectivity index (χ1) is 9.07. The largest absolute Gasteiger partial charge is 0.464 e. The van der Waals surface area contributed by atoms with Crippen molar-refractivity contribution in [1.82, 2.24) is 10.2 Å². The van der Waals surface area contributed by atoms with Gasteiger partial charge in [-0.15, -0.1) is 12.4 Å². The van der Waals surface area contributed by atoms with Gasteiger partial charge >= 0.3 is 0 Å². The average Bonchev–Trinajstić information content (AvgIpc) is 2.84. The molecule has 0 saturated carbocycles. The van der Waals surface area contributed by atoms with Crippen molar-refractivity contribution in [3.8, 4) is 0 Å². The van der Waals surface area contributed by atoms with Gasteiger partial charge in [-0.3, -0.25) is 4.79 Å². The number of likely N-dealkylation sites (N-methyl/N-ethyl adjacent to an activating group) is 1. The Hall–Kier alpha value is -1.04. The van der Waals surface area contributed by atoms with Crippen LogP contribution in [0.3, 0.4) is 0 Å². The van der Waals surface area contributed by atoms with Gasteiger partial charge in [0.05, 0.1) is 6.54 Å². The maximum atomic E-state index is 12.6. The van der Waals surface area contributed by atoms with Crippen LogP contribution in [-0.4, -0.2) is 43.7 Å². The van der Waals surface area contributed by atoms with Gasteiger partial charge in [-0.25, -0.2) is 0 Å². The Morgan fingerprint density at radius 2 is 2.10 bits per heavy atom. The van der Waals surface area contributed by atoms with Gasteiger partial charge in [-0.1, -0.05) is 0 Å². The van der Waals surface area contributed by atoms with Crippen LogP contribution in [0.15, 0.2) is 16.5 Å². The van der Waals surface area contributed by atoms with Crippen LogP contribution in [0.4, 0.5) is 0 Å². The van der Waals surface area contributed by atoms with Crippen molar-refractivity contribution in [3.05, 3.63) is 23.7 Å². The zero-order chi connectivity index (χ0) is 13.9. The summed E-state index contributed by atoms with van der Waals surface area (Å²) >= 11 is 0. The second-order valence-electron chi connectivity index (χ2n) is 5.12. The van der Waals surface area contributed by atoms with E-state index in [9.17, 15) is 4.79 Å². The first kappa shape index (κ1) is 17.0. The van der Waals surface area contributed by atoms with Crippen LogP contribution >= 0.6 is 12.4 Å². The number of piperidine rings is 1. The maximum absolute atomic E-state index is 12.6. The summed E-state index contributed by atoms with van der Waals surface area (Å²) in [7, 11) is 3.41. The topological polar surface area (TPSA) is 54.7 Å². The molecule has 1 fully saturated rings. The third-order valence-corrected chi connectivity index (χ3v) is 3.73. The van der Waals surface area contributed by atoms with Gasteiger partial charge < -0.3 is 19.4 Å². The van der Waals surface area contributed by atoms with E-state index in [2.05, 4.69) is 5.32 Å². The molecule has 1 aliphatic heterocycles. The summed E-state index contributed by atoms with van der Waals surface area (Å²) in [5, 5.41) is 3.25. The molecule has 0 spiro atoms. The number of rotatable bonds is 4. The van der Waals surface area contributed by atoms with Gasteiger partial charge in [0, 0.05) is 14.2 Å². The minimum Gasteiger partial charge on any atom is -0.464 e. The van der Waals surface area contributed by atoms with Crippen LogP contribution in [-0.2, 0) is 16.1 Å². The minimum absolute atomic E-state index is 0. The number of halogens is 1. The lowest BCUT2D eigenvalue weighted by Gasteiger charge is -2.37. The zero-order valence-electron chi connectivity index (χ0n) is 12.3. The van der Waals surface area contributed by atoms with Gasteiger partial charge in [-0.2, -0.15) is 0 Å². The van der Waals surface area contributed by atoms with Crippen molar-refractivity contribution in [2.45, 2.75) is 31.9 Å². The molecule has 5 nitrogen and oxygen atoms in total. The van der Waals surface area contributed by atoms with Crippen molar-refractivity contribution >= 4 is 18.3 Å². The van der Waals surface area contributed by atoms with Crippen LogP contribution in [0, 0.1) is 6.92 Å². The molecule has 1 aromatic rings. The quantitative estimate of drug-likeness (QED) is 0.920. The molecule has 0 aromatic carbocycles. The molecule has 0 unspecified atom stereocenters. The first-order valence-electron chi connectivity index (χ1n) is 6.64. The van der Waals surface area contributed by atoms with E-state index in [4.69, 9.17) is 9.15 Å². The number of nitrogens with one attached hydrogen (secondary N) is 1. The number of hydrogen-bond acceptors (Lipinski definition) is 4. The summed E-state index contributed by atoms with van der Waals surface area (Å²) in [6, 6.07) is 3.81. The Morgan fingerprint density at radius 1 is 1.45 bits per heavy atom. The van der Waals surface area contributed by atoms with E-state index in [-0.39, 0.29) is 18.3 Å². The molecule has 0 atom stereocenters. The maximum Gasteiger partial charge on any atom is 0.255 e. The number of aryl methyl sites for hydroxylation is 1. The van der Waals surface area contributed by atoms with Gasteiger partial charge in [0.25, 0.3) is 5.91 Å². The van der Waals surface area contributed by atoms with Gasteiger partial charge in [0.2, 0.25) is 0 Å². The molecule has 6 heteroatoms. The predicted octanol–water partition coefficient (Wildman–Crippen LogP) is 1.74. The molecule has 0 aliphatic carbocycles. The Kier molecular flexibility index (Phi) is 6.05. The van der Waals surface area contributed by atoms with Crippen LogP contribution in [0.2, 0.25) is 0 Å². The molecule has 2 heterocycles. The number of furan rings is 1. The van der Waals surface area contributed by atoms with E-state index in [1.807, 2.05) is 19.1 Å². The number of carbonyl (C=O) groups is 1. The Labute approximate surface area is 126 Å². The number of methoxy groups -OCH3 is 1. The second kappa shape index (κ2) is 7.11. The van der Waals surface area contributed by atoms with E-state index >= 15 is 0 Å². The molecule has 1 amide bonds. The fraction of sp³-hybridized carbons (Fsp3) is 0.643. The molecular formula is C14H23ClN2O3. The van der Waals surface area contributed by atoms with E-state index in [0.29, 0.717) is 19.4 Å². The van der Waals surface area contributed by atoms with E-state index < -0.39 is 5.60 Å². The Morgan fingerprint density at radius 3 is 2.60 bits per heavy atom. The summed E-state index contributed by atoms with van der Waals surface area (Å²) in [4.78, 5) is 14.3. The van der Waals surface area contributed by atoms with Crippen molar-refractivity contribution in [3.63, 3.8) is 0 Å². The van der Waals surface area contributed by atoms with E-state index in [1.165, 1.54) is 0 Å². The number of nitrogens with zero attached hydrogens (tertiary/aromatic N) is 1. The molecule has 0 bridgehead atoms. The first-order valence-corrected chi connectivity index (χ1v) is 6.64. The zero-order valence-corrected chi connectivity index (χ0v) is 13.1. The third kappa shape index (κ3) is 3.53. The van der Waals surface area contributed by atoms with Gasteiger partial charge in [-0.05, 0) is 45.0 Å². The number of amides is 1. The molecule has 2 rings (SSSR count). The van der Waals surface area contributed by atoms with Crippen LogP contribution in [0.1, 0.15) is 24.4 Å². The summed E-state index contributed by atoms with van der Waals surface area (Å²) in [6.45, 7) is 4.00. The van der Waals surface area contributed by atoms with Crippen LogP contribution in [0.25, 0.3) is 0 Å². The van der Waals surface area contributed by atoms with Crippen LogP contribution in [0.5, 0.6) is 0 Å². The van der Waals surface area contributed by atoms with Gasteiger partial charge in [0.1, 0.15) is 17.1 Å². The molecule has 1 saturated heterocycles. The SMILES string of the molecule is COC1(C(=O)N(C)Cc2ccc(C)o2)CCNCC1.Cl. The monoisotopic (exact) mass is 302 g/mol. The second-order valence-corrected chi connectivity index (χ2v) is 5.12. The highest BCUT2D eigenvalue weighted by Crippen LogP contribution is 2.25. The van der Waals surface area contributed by atoms with E-state index in [0.717, 1.165) is 24.6 Å². The lowest BCUT2D eigenvalue weighted by Crippen LogP contribution is -2.54. The standard InChI is InChI=1S/C14H22N2O3.ClH/c1-11-4-5-12(19-11)10-16(2)13(17)14(18-3)6-8-15-9-7-14;/h4-5,15H,6-10H2,1-3H3;1H. The molecular weight excluding hydrogens is 280 g/mol. The highest BCUT2D eigenvalue weighted by molar-refractivity contribution is 5.85. The lowest BCUT2D eigenvalue weighted by atomic mass is 9.90. The number of ether oxygens (including phenoxy) is 1. The highest BCUT2D eigenvalue weighted by Gasteiger charge is 2.41. The van der Waals surface area contributed by atoms with Gasteiger partial charge in [0.15, 0.2) is 0 Å². The van der Waals surface area contributed by atoms with Crippen molar-refractivity contribution < 1.29 is 13.9 Å². The van der Waals surface area contributed by atoms with Crippen molar-refractivity contribution in [2.75, 3.05) is 27.2 Å². The highest BCUT2D eigenvalue weighted by atomic mass is 35.5. The molecule has 1 N–H and O–H groups in total. The summed E-state index contributed by atoms with van der Waals surface area (Å²) in [5.74, 6) is 1.69. The molecule has 20 heavy (non-hydrogen) atoms. The normalized spacial score (nSPS) is 17.4. The molecule has 1 aliphatic rings. The predicted molar refractivity (Wildman–Crippen MR) is 79.0 cm³/mol. The third-order valence-electron chi connectivity index (χ3n) is 3.73. The van der Waals surface area contributed by atoms with Crippen molar-refractivity contribution in [2.24, 2.45) is 0 Å². The lowest BCUT2D eigenvalue weighted by molar-refractivity contribution is -0.157. The summed E-state index contributed by atoms with van der Waals surface area (Å²) < 4.78 is 11.1. The minimum atomic E-state index is -0.679. The Bertz CT molecular complexity index is 441. The number of carbonyl (C=O) groups excluding carboxylic acids is 1. The average molecular weight is 303 g/mol. The summed E-state index contributed by atoms with van der Waals surface area (Å²) in [5.41, 5.74) is -0.679. The number of hydrogen-bond donors (Lipinski definition) is 1. The van der Waals surface area contributed by atoms with E-state index in [1.54, 1.807) is 19.1 Å². The molecule has 0 radical (unpaired) electrons. The molecule has 1 aromatic heterocycles. The molecule has 114 valence electrons.